The van der Waals surface area contributed by atoms with Crippen LogP contribution in [0.3, 0.4) is 0 Å². The van der Waals surface area contributed by atoms with Gasteiger partial charge in [-0.2, -0.15) is 11.8 Å². The molecular weight excluding hydrogens is 228 g/mol. The van der Waals surface area contributed by atoms with E-state index in [-0.39, 0.29) is 0 Å². The summed E-state index contributed by atoms with van der Waals surface area (Å²) in [7, 11) is 0. The highest BCUT2D eigenvalue weighted by Gasteiger charge is 2.45. The minimum absolute atomic E-state index is 0.296. The second-order valence-electron chi connectivity index (χ2n) is 6.29. The van der Waals surface area contributed by atoms with E-state index in [1.165, 1.54) is 56.8 Å². The van der Waals surface area contributed by atoms with Gasteiger partial charge in [-0.15, -0.1) is 0 Å². The second-order valence-corrected chi connectivity index (χ2v) is 7.68. The van der Waals surface area contributed by atoms with Crippen molar-refractivity contribution in [2.45, 2.75) is 57.5 Å². The Morgan fingerprint density at radius 2 is 1.94 bits per heavy atom. The van der Waals surface area contributed by atoms with E-state index in [1.807, 2.05) is 0 Å². The maximum atomic E-state index is 3.76. The highest BCUT2D eigenvalue weighted by Crippen LogP contribution is 2.38. The molecule has 0 unspecified atom stereocenters. The van der Waals surface area contributed by atoms with Crippen molar-refractivity contribution >= 4 is 11.8 Å². The third kappa shape index (κ3) is 3.18. The van der Waals surface area contributed by atoms with Crippen LogP contribution in [0.2, 0.25) is 0 Å². The van der Waals surface area contributed by atoms with E-state index in [2.05, 4.69) is 42.7 Å². The van der Waals surface area contributed by atoms with Gasteiger partial charge in [0.2, 0.25) is 0 Å². The Morgan fingerprint density at radius 1 is 1.24 bits per heavy atom. The Morgan fingerprint density at radius 3 is 2.59 bits per heavy atom. The number of thioether (sulfide) groups is 1. The Kier molecular flexibility index (Phi) is 4.43. The van der Waals surface area contributed by atoms with E-state index in [1.54, 1.807) is 0 Å². The lowest BCUT2D eigenvalue weighted by atomic mass is 9.87. The molecule has 100 valence electrons. The van der Waals surface area contributed by atoms with Crippen molar-refractivity contribution < 1.29 is 0 Å². The first-order valence-electron chi connectivity index (χ1n) is 7.16. The molecular formula is C14H28N2S. The SMILES string of the molecule is CCSCCN1CC(C)(C)NCC12CCCC2. The van der Waals surface area contributed by atoms with Gasteiger partial charge in [0.15, 0.2) is 0 Å². The van der Waals surface area contributed by atoms with Gasteiger partial charge in [0.25, 0.3) is 0 Å². The molecule has 17 heavy (non-hydrogen) atoms. The molecule has 0 radical (unpaired) electrons. The molecule has 0 amide bonds. The minimum Gasteiger partial charge on any atom is -0.309 e. The van der Waals surface area contributed by atoms with Crippen molar-refractivity contribution in [3.05, 3.63) is 0 Å². The Hall–Kier alpha value is 0.270. The third-order valence-corrected chi connectivity index (χ3v) is 5.28. The van der Waals surface area contributed by atoms with Crippen molar-refractivity contribution in [1.82, 2.24) is 10.2 Å². The Balaban J connectivity index is 1.99. The van der Waals surface area contributed by atoms with Gasteiger partial charge in [-0.3, -0.25) is 4.90 Å². The monoisotopic (exact) mass is 256 g/mol. The number of piperazine rings is 1. The highest BCUT2D eigenvalue weighted by molar-refractivity contribution is 7.99. The zero-order valence-electron chi connectivity index (χ0n) is 11.7. The van der Waals surface area contributed by atoms with Crippen molar-refractivity contribution in [2.75, 3.05) is 31.1 Å². The Bertz CT molecular complexity index is 247. The van der Waals surface area contributed by atoms with Crippen LogP contribution < -0.4 is 5.32 Å². The molecule has 1 saturated carbocycles. The fraction of sp³-hybridized carbons (Fsp3) is 1.00. The molecule has 2 fully saturated rings. The smallest absolute Gasteiger partial charge is 0.0335 e. The second kappa shape index (κ2) is 5.50. The summed E-state index contributed by atoms with van der Waals surface area (Å²) < 4.78 is 0. The van der Waals surface area contributed by atoms with E-state index < -0.39 is 0 Å². The van der Waals surface area contributed by atoms with Crippen molar-refractivity contribution in [2.24, 2.45) is 0 Å². The summed E-state index contributed by atoms with van der Waals surface area (Å²) in [6, 6.07) is 0. The van der Waals surface area contributed by atoms with Gasteiger partial charge in [0.05, 0.1) is 0 Å². The van der Waals surface area contributed by atoms with Crippen LogP contribution in [0.15, 0.2) is 0 Å². The first-order chi connectivity index (χ1) is 8.08. The zero-order chi connectivity index (χ0) is 12.4. The normalized spacial score (nSPS) is 27.7. The molecule has 1 N–H and O–H groups in total. The van der Waals surface area contributed by atoms with Crippen LogP contribution in [-0.2, 0) is 0 Å². The predicted octanol–water partition coefficient (Wildman–Crippen LogP) is 2.74. The van der Waals surface area contributed by atoms with Crippen LogP contribution in [0.1, 0.15) is 46.5 Å². The largest absolute Gasteiger partial charge is 0.309 e. The summed E-state index contributed by atoms with van der Waals surface area (Å²) in [6.07, 6.45) is 5.68. The summed E-state index contributed by atoms with van der Waals surface area (Å²) >= 11 is 2.08. The van der Waals surface area contributed by atoms with Gasteiger partial charge in [-0.05, 0) is 32.4 Å². The predicted molar refractivity (Wildman–Crippen MR) is 77.9 cm³/mol. The zero-order valence-corrected chi connectivity index (χ0v) is 12.5. The van der Waals surface area contributed by atoms with Crippen molar-refractivity contribution in [3.63, 3.8) is 0 Å². The molecule has 2 nitrogen and oxygen atoms in total. The van der Waals surface area contributed by atoms with Crippen molar-refractivity contribution in [1.29, 1.82) is 0 Å². The first-order valence-corrected chi connectivity index (χ1v) is 8.31. The van der Waals surface area contributed by atoms with Gasteiger partial charge in [0, 0.05) is 36.5 Å². The minimum atomic E-state index is 0.296. The lowest BCUT2D eigenvalue weighted by Gasteiger charge is -2.51. The lowest BCUT2D eigenvalue weighted by Crippen LogP contribution is -2.67. The molecule has 1 spiro atoms. The van der Waals surface area contributed by atoms with E-state index >= 15 is 0 Å². The first kappa shape index (κ1) is 13.7. The standard InChI is InChI=1S/C14H28N2S/c1-4-17-10-9-16-12-13(2,3)15-11-14(16)7-5-6-8-14/h15H,4-12H2,1-3H3. The van der Waals surface area contributed by atoms with Gasteiger partial charge < -0.3 is 5.32 Å². The quantitative estimate of drug-likeness (QED) is 0.779. The molecule has 1 saturated heterocycles. The number of hydrogen-bond acceptors (Lipinski definition) is 3. The fourth-order valence-electron chi connectivity index (χ4n) is 3.38. The van der Waals surface area contributed by atoms with E-state index in [0.717, 1.165) is 0 Å². The fourth-order valence-corrected chi connectivity index (χ4v) is 4.02. The van der Waals surface area contributed by atoms with Crippen LogP contribution in [0.4, 0.5) is 0 Å². The van der Waals surface area contributed by atoms with Crippen LogP contribution in [0.25, 0.3) is 0 Å². The third-order valence-electron chi connectivity index (χ3n) is 4.40. The van der Waals surface area contributed by atoms with E-state index in [0.29, 0.717) is 11.1 Å². The topological polar surface area (TPSA) is 15.3 Å². The summed E-state index contributed by atoms with van der Waals surface area (Å²) in [5.41, 5.74) is 0.800. The van der Waals surface area contributed by atoms with Crippen LogP contribution >= 0.6 is 11.8 Å². The molecule has 1 aliphatic heterocycles. The maximum absolute atomic E-state index is 3.76. The lowest BCUT2D eigenvalue weighted by molar-refractivity contribution is 0.0245. The summed E-state index contributed by atoms with van der Waals surface area (Å²) in [4.78, 5) is 2.80. The number of nitrogens with one attached hydrogen (secondary N) is 1. The molecule has 2 aliphatic rings. The molecule has 1 aliphatic carbocycles. The van der Waals surface area contributed by atoms with Crippen LogP contribution in [0, 0.1) is 0 Å². The average molecular weight is 256 g/mol. The van der Waals surface area contributed by atoms with Crippen LogP contribution in [0.5, 0.6) is 0 Å². The van der Waals surface area contributed by atoms with Crippen molar-refractivity contribution in [3.8, 4) is 0 Å². The molecule has 0 aromatic carbocycles. The van der Waals surface area contributed by atoms with Gasteiger partial charge in [-0.25, -0.2) is 0 Å². The van der Waals surface area contributed by atoms with Gasteiger partial charge >= 0.3 is 0 Å². The molecule has 0 atom stereocenters. The number of nitrogens with zero attached hydrogens (tertiary/aromatic N) is 1. The maximum Gasteiger partial charge on any atom is 0.0335 e. The number of rotatable bonds is 4. The van der Waals surface area contributed by atoms with Gasteiger partial charge in [-0.1, -0.05) is 19.8 Å². The Labute approximate surface area is 111 Å². The van der Waals surface area contributed by atoms with E-state index in [4.69, 9.17) is 0 Å². The van der Waals surface area contributed by atoms with Gasteiger partial charge in [0.1, 0.15) is 0 Å². The molecule has 0 aromatic heterocycles. The molecule has 2 rings (SSSR count). The summed E-state index contributed by atoms with van der Waals surface area (Å²) in [5, 5.41) is 3.76. The van der Waals surface area contributed by atoms with Crippen LogP contribution in [-0.4, -0.2) is 47.1 Å². The molecule has 0 bridgehead atoms. The molecule has 1 heterocycles. The average Bonchev–Trinajstić information content (AvgIpc) is 2.74. The summed E-state index contributed by atoms with van der Waals surface area (Å²) in [5.74, 6) is 2.55. The highest BCUT2D eigenvalue weighted by atomic mass is 32.2. The summed E-state index contributed by atoms with van der Waals surface area (Å²) in [6.45, 7) is 10.7. The molecule has 0 aromatic rings. The molecule has 3 heteroatoms. The van der Waals surface area contributed by atoms with E-state index in [9.17, 15) is 0 Å². The number of hydrogen-bond donors (Lipinski definition) is 1.